The van der Waals surface area contributed by atoms with Crippen molar-refractivity contribution in [2.75, 3.05) is 0 Å². The minimum Gasteiger partial charge on any atom is -0.446 e. The predicted molar refractivity (Wildman–Crippen MR) is 60.9 cm³/mol. The summed E-state index contributed by atoms with van der Waals surface area (Å²) in [5.41, 5.74) is -0.775. The molecular weight excluding hydrogens is 232 g/mol. The zero-order valence-electron chi connectivity index (χ0n) is 10.0. The second kappa shape index (κ2) is 6.20. The highest BCUT2D eigenvalue weighted by Crippen LogP contribution is 2.28. The van der Waals surface area contributed by atoms with Crippen molar-refractivity contribution in [1.82, 2.24) is 0 Å². The van der Waals surface area contributed by atoms with E-state index in [-0.39, 0.29) is 0 Å². The Morgan fingerprint density at radius 3 is 2.06 bits per heavy atom. The molecule has 6 heteroatoms. The van der Waals surface area contributed by atoms with Crippen LogP contribution in [0.25, 0.3) is 0 Å². The summed E-state index contributed by atoms with van der Waals surface area (Å²) in [5.74, 6) is 0. The first kappa shape index (κ1) is 15.4. The van der Waals surface area contributed by atoms with E-state index in [1.165, 1.54) is 0 Å². The molecule has 0 atom stereocenters. The zero-order chi connectivity index (χ0) is 12.8. The Labute approximate surface area is 96.9 Å². The first-order valence-corrected chi connectivity index (χ1v) is 6.95. The van der Waals surface area contributed by atoms with Gasteiger partial charge < -0.3 is 4.74 Å². The van der Waals surface area contributed by atoms with Crippen molar-refractivity contribution in [3.05, 3.63) is 0 Å². The average molecular weight is 252 g/mol. The number of ether oxygens (including phenoxy) is 1. The lowest BCUT2D eigenvalue weighted by Gasteiger charge is -2.30. The molecule has 0 amide bonds. The number of carbonyl (C=O) groups is 1. The quantitative estimate of drug-likeness (QED) is 0.580. The highest BCUT2D eigenvalue weighted by atomic mass is 32.2. The maximum atomic E-state index is 11.1. The van der Waals surface area contributed by atoms with Crippen molar-refractivity contribution in [2.45, 2.75) is 58.5 Å². The van der Waals surface area contributed by atoms with Gasteiger partial charge in [0.05, 0.1) is 0 Å². The van der Waals surface area contributed by atoms with Gasteiger partial charge in [-0.1, -0.05) is 27.2 Å². The van der Waals surface area contributed by atoms with Gasteiger partial charge in [-0.05, 0) is 25.7 Å². The average Bonchev–Trinajstić information content (AvgIpc) is 2.22. The van der Waals surface area contributed by atoms with Gasteiger partial charge in [0.2, 0.25) is 0 Å². The molecule has 0 heterocycles. The van der Waals surface area contributed by atoms with E-state index in [1.807, 2.05) is 20.8 Å². The van der Waals surface area contributed by atoms with Crippen molar-refractivity contribution >= 4 is 15.4 Å². The molecular formula is C10H20O5S. The molecule has 0 aliphatic rings. The third-order valence-corrected chi connectivity index (χ3v) is 3.29. The second-order valence-corrected chi connectivity index (χ2v) is 5.10. The van der Waals surface area contributed by atoms with Crippen molar-refractivity contribution < 1.29 is 22.5 Å². The smallest absolute Gasteiger partial charge is 0.446 e. The summed E-state index contributed by atoms with van der Waals surface area (Å²) >= 11 is 0. The SMILES string of the molecule is CCCCC(CC)(CC)OC(=O)S(=O)(=O)O. The molecule has 0 aromatic carbocycles. The van der Waals surface area contributed by atoms with Crippen LogP contribution in [0.5, 0.6) is 0 Å². The van der Waals surface area contributed by atoms with Gasteiger partial charge in [0.1, 0.15) is 5.60 Å². The molecule has 5 nitrogen and oxygen atoms in total. The van der Waals surface area contributed by atoms with E-state index in [4.69, 9.17) is 9.29 Å². The van der Waals surface area contributed by atoms with E-state index in [1.54, 1.807) is 0 Å². The van der Waals surface area contributed by atoms with E-state index in [2.05, 4.69) is 0 Å². The van der Waals surface area contributed by atoms with E-state index in [0.29, 0.717) is 19.3 Å². The van der Waals surface area contributed by atoms with Gasteiger partial charge in [-0.2, -0.15) is 8.42 Å². The monoisotopic (exact) mass is 252 g/mol. The van der Waals surface area contributed by atoms with Crippen LogP contribution in [-0.2, 0) is 14.9 Å². The molecule has 0 aromatic heterocycles. The Hall–Kier alpha value is -0.620. The lowest BCUT2D eigenvalue weighted by Crippen LogP contribution is -2.35. The molecule has 0 aromatic rings. The van der Waals surface area contributed by atoms with Gasteiger partial charge in [0.25, 0.3) is 0 Å². The van der Waals surface area contributed by atoms with Crippen LogP contribution in [-0.4, -0.2) is 23.9 Å². The second-order valence-electron chi connectivity index (χ2n) is 3.82. The number of hydrogen-bond acceptors (Lipinski definition) is 4. The Balaban J connectivity index is 4.73. The van der Waals surface area contributed by atoms with E-state index < -0.39 is 21.0 Å². The minimum absolute atomic E-state index is 0.532. The fourth-order valence-electron chi connectivity index (χ4n) is 1.53. The standard InChI is InChI=1S/C10H20O5S/c1-4-7-8-10(5-2,6-3)15-9(11)16(12,13)14/h4-8H2,1-3H3,(H,12,13,14). The highest BCUT2D eigenvalue weighted by molar-refractivity contribution is 8.00. The van der Waals surface area contributed by atoms with Crippen LogP contribution >= 0.6 is 0 Å². The molecule has 0 unspecified atom stereocenters. The molecule has 0 radical (unpaired) electrons. The molecule has 0 saturated carbocycles. The summed E-state index contributed by atoms with van der Waals surface area (Å²) < 4.78 is 34.7. The topological polar surface area (TPSA) is 80.7 Å². The molecule has 0 aliphatic carbocycles. The van der Waals surface area contributed by atoms with E-state index in [0.717, 1.165) is 12.8 Å². The molecule has 0 rings (SSSR count). The van der Waals surface area contributed by atoms with Gasteiger partial charge in [-0.15, -0.1) is 0 Å². The molecule has 96 valence electrons. The molecule has 1 N–H and O–H groups in total. The first-order chi connectivity index (χ1) is 7.31. The van der Waals surface area contributed by atoms with Gasteiger partial charge in [0, 0.05) is 0 Å². The molecule has 16 heavy (non-hydrogen) atoms. The van der Waals surface area contributed by atoms with E-state index >= 15 is 0 Å². The molecule has 0 bridgehead atoms. The van der Waals surface area contributed by atoms with Crippen molar-refractivity contribution in [2.24, 2.45) is 0 Å². The van der Waals surface area contributed by atoms with Crippen molar-refractivity contribution in [3.8, 4) is 0 Å². The lowest BCUT2D eigenvalue weighted by molar-refractivity contribution is 0.00963. The maximum absolute atomic E-state index is 11.1. The summed E-state index contributed by atoms with van der Waals surface area (Å²) in [6.45, 7) is 5.66. The van der Waals surface area contributed by atoms with Crippen LogP contribution in [0.1, 0.15) is 52.9 Å². The summed E-state index contributed by atoms with van der Waals surface area (Å²) in [5, 5.41) is -1.55. The molecule has 0 fully saturated rings. The number of rotatable bonds is 6. The summed E-state index contributed by atoms with van der Waals surface area (Å²) in [6.07, 6.45) is 3.46. The Morgan fingerprint density at radius 1 is 1.25 bits per heavy atom. The maximum Gasteiger partial charge on any atom is 0.452 e. The zero-order valence-corrected chi connectivity index (χ0v) is 10.8. The Kier molecular flexibility index (Phi) is 5.96. The largest absolute Gasteiger partial charge is 0.452 e. The van der Waals surface area contributed by atoms with Crippen LogP contribution in [0.3, 0.4) is 0 Å². The van der Waals surface area contributed by atoms with Crippen LogP contribution in [0.4, 0.5) is 4.79 Å². The normalized spacial score (nSPS) is 12.5. The number of hydrogen-bond donors (Lipinski definition) is 1. The highest BCUT2D eigenvalue weighted by Gasteiger charge is 2.34. The fraction of sp³-hybridized carbons (Fsp3) is 0.900. The van der Waals surface area contributed by atoms with Gasteiger partial charge in [0.15, 0.2) is 0 Å². The van der Waals surface area contributed by atoms with Crippen molar-refractivity contribution in [1.29, 1.82) is 0 Å². The Bertz CT molecular complexity index is 316. The molecule has 0 spiro atoms. The van der Waals surface area contributed by atoms with Gasteiger partial charge in [-0.3, -0.25) is 4.55 Å². The van der Waals surface area contributed by atoms with Crippen LogP contribution in [0, 0.1) is 0 Å². The third-order valence-electron chi connectivity index (χ3n) is 2.79. The lowest BCUT2D eigenvalue weighted by atomic mass is 9.91. The van der Waals surface area contributed by atoms with Gasteiger partial charge >= 0.3 is 15.4 Å². The predicted octanol–water partition coefficient (Wildman–Crippen LogP) is 2.76. The summed E-state index contributed by atoms with van der Waals surface area (Å²) in [7, 11) is -4.74. The summed E-state index contributed by atoms with van der Waals surface area (Å²) in [4.78, 5) is 11.1. The van der Waals surface area contributed by atoms with Crippen LogP contribution in [0.2, 0.25) is 0 Å². The third kappa shape index (κ3) is 4.49. The summed E-state index contributed by atoms with van der Waals surface area (Å²) in [6, 6.07) is 0. The van der Waals surface area contributed by atoms with Crippen LogP contribution < -0.4 is 0 Å². The van der Waals surface area contributed by atoms with Crippen molar-refractivity contribution in [3.63, 3.8) is 0 Å². The molecule has 0 saturated heterocycles. The van der Waals surface area contributed by atoms with E-state index in [9.17, 15) is 13.2 Å². The minimum atomic E-state index is -4.74. The Morgan fingerprint density at radius 2 is 1.75 bits per heavy atom. The van der Waals surface area contributed by atoms with Gasteiger partial charge in [-0.25, -0.2) is 4.79 Å². The van der Waals surface area contributed by atoms with Crippen LogP contribution in [0.15, 0.2) is 0 Å². The fourth-order valence-corrected chi connectivity index (χ4v) is 1.81. The number of unbranched alkanes of at least 4 members (excludes halogenated alkanes) is 1. The number of carbonyl (C=O) groups excluding carboxylic acids is 1. The first-order valence-electron chi connectivity index (χ1n) is 5.51. The molecule has 0 aliphatic heterocycles.